The molecule has 0 amide bonds. The summed E-state index contributed by atoms with van der Waals surface area (Å²) in [7, 11) is 0. The van der Waals surface area contributed by atoms with Crippen molar-refractivity contribution in [1.82, 2.24) is 5.32 Å². The fourth-order valence-corrected chi connectivity index (χ4v) is 1.86. The highest BCUT2D eigenvalue weighted by Crippen LogP contribution is 2.35. The number of rotatable bonds is 2. The largest absolute Gasteiger partial charge is 0.490 e. The highest BCUT2D eigenvalue weighted by Gasteiger charge is 2.25. The van der Waals surface area contributed by atoms with Gasteiger partial charge in [0.2, 0.25) is 5.82 Å². The molecule has 4 heteroatoms. The number of fused-ring (bicyclic) bond motifs is 1. The van der Waals surface area contributed by atoms with Crippen molar-refractivity contribution in [1.29, 1.82) is 0 Å². The lowest BCUT2D eigenvalue weighted by Gasteiger charge is -2.26. The highest BCUT2D eigenvalue weighted by molar-refractivity contribution is 5.39. The van der Waals surface area contributed by atoms with Crippen molar-refractivity contribution >= 4 is 0 Å². The molecule has 1 aromatic rings. The van der Waals surface area contributed by atoms with E-state index in [1.165, 1.54) is 0 Å². The maximum atomic E-state index is 13.4. The van der Waals surface area contributed by atoms with Crippen LogP contribution in [0.25, 0.3) is 0 Å². The molecule has 0 spiro atoms. The summed E-state index contributed by atoms with van der Waals surface area (Å²) in [6.07, 6.45) is 0.784. The molecular weight excluding hydrogens is 200 g/mol. The van der Waals surface area contributed by atoms with Crippen molar-refractivity contribution in [2.75, 3.05) is 13.2 Å². The lowest BCUT2D eigenvalue weighted by Crippen LogP contribution is -2.27. The molecule has 15 heavy (non-hydrogen) atoms. The number of hydrogen-bond donors (Lipinski definition) is 1. The molecule has 0 bridgehead atoms. The summed E-state index contributed by atoms with van der Waals surface area (Å²) in [5.41, 5.74) is 0.710. The monoisotopic (exact) mass is 213 g/mol. The third-order valence-electron chi connectivity index (χ3n) is 2.56. The minimum absolute atomic E-state index is 0.0622. The van der Waals surface area contributed by atoms with Gasteiger partial charge in [-0.05, 0) is 12.6 Å². The number of halogens is 2. The van der Waals surface area contributed by atoms with Crippen molar-refractivity contribution in [2.24, 2.45) is 0 Å². The van der Waals surface area contributed by atoms with Gasteiger partial charge in [-0.1, -0.05) is 13.0 Å². The summed E-state index contributed by atoms with van der Waals surface area (Å²) in [6.45, 7) is 3.20. The molecule has 2 rings (SSSR count). The van der Waals surface area contributed by atoms with E-state index in [-0.39, 0.29) is 11.8 Å². The minimum atomic E-state index is -0.880. The Morgan fingerprint density at radius 2 is 2.27 bits per heavy atom. The average Bonchev–Trinajstić information content (AvgIpc) is 2.25. The van der Waals surface area contributed by atoms with Gasteiger partial charge >= 0.3 is 0 Å². The van der Waals surface area contributed by atoms with E-state index < -0.39 is 11.6 Å². The summed E-state index contributed by atoms with van der Waals surface area (Å²) < 4.78 is 31.5. The molecule has 0 saturated heterocycles. The van der Waals surface area contributed by atoms with E-state index in [1.807, 2.05) is 6.92 Å². The molecule has 1 heterocycles. The van der Waals surface area contributed by atoms with Gasteiger partial charge in [0.05, 0.1) is 6.61 Å². The van der Waals surface area contributed by atoms with Gasteiger partial charge in [-0.25, -0.2) is 4.39 Å². The van der Waals surface area contributed by atoms with Crippen LogP contribution in [-0.4, -0.2) is 13.2 Å². The molecule has 2 nitrogen and oxygen atoms in total. The SMILES string of the molecule is CCNC1CCOc2c1ccc(F)c2F. The Balaban J connectivity index is 2.40. The fraction of sp³-hybridized carbons (Fsp3) is 0.455. The Kier molecular flexibility index (Phi) is 2.86. The minimum Gasteiger partial charge on any atom is -0.490 e. The molecule has 1 N–H and O–H groups in total. The van der Waals surface area contributed by atoms with Crippen LogP contribution in [0.4, 0.5) is 8.78 Å². The predicted molar refractivity (Wildman–Crippen MR) is 52.9 cm³/mol. The fourth-order valence-electron chi connectivity index (χ4n) is 1.86. The zero-order chi connectivity index (χ0) is 10.8. The van der Waals surface area contributed by atoms with Gasteiger partial charge in [-0.3, -0.25) is 0 Å². The highest BCUT2D eigenvalue weighted by atomic mass is 19.2. The number of hydrogen-bond acceptors (Lipinski definition) is 2. The standard InChI is InChI=1S/C11H13F2NO/c1-2-14-9-5-6-15-11-7(9)3-4-8(12)10(11)13/h3-4,9,14H,2,5-6H2,1H3. The Labute approximate surface area is 87.2 Å². The molecule has 1 aromatic carbocycles. The number of ether oxygens (including phenoxy) is 1. The van der Waals surface area contributed by atoms with Gasteiger partial charge in [-0.2, -0.15) is 4.39 Å². The first kappa shape index (κ1) is 10.4. The maximum absolute atomic E-state index is 13.4. The van der Waals surface area contributed by atoms with Crippen LogP contribution >= 0.6 is 0 Å². The second-order valence-electron chi connectivity index (χ2n) is 3.53. The summed E-state index contributed by atoms with van der Waals surface area (Å²) in [5, 5.41) is 3.22. The van der Waals surface area contributed by atoms with Crippen molar-refractivity contribution in [2.45, 2.75) is 19.4 Å². The van der Waals surface area contributed by atoms with Gasteiger partial charge in [0, 0.05) is 18.0 Å². The van der Waals surface area contributed by atoms with E-state index in [0.29, 0.717) is 12.2 Å². The second kappa shape index (κ2) is 4.14. The lowest BCUT2D eigenvalue weighted by atomic mass is 10.00. The number of nitrogens with one attached hydrogen (secondary N) is 1. The van der Waals surface area contributed by atoms with Crippen molar-refractivity contribution in [3.05, 3.63) is 29.3 Å². The van der Waals surface area contributed by atoms with Gasteiger partial charge in [-0.15, -0.1) is 0 Å². The van der Waals surface area contributed by atoms with Crippen molar-refractivity contribution in [3.8, 4) is 5.75 Å². The first-order valence-electron chi connectivity index (χ1n) is 5.08. The molecule has 82 valence electrons. The molecule has 1 atom stereocenters. The molecule has 0 aliphatic carbocycles. The normalized spacial score (nSPS) is 19.5. The van der Waals surface area contributed by atoms with Crippen molar-refractivity contribution in [3.63, 3.8) is 0 Å². The van der Waals surface area contributed by atoms with E-state index in [2.05, 4.69) is 5.32 Å². The van der Waals surface area contributed by atoms with Gasteiger partial charge in [0.15, 0.2) is 11.6 Å². The first-order chi connectivity index (χ1) is 7.24. The smallest absolute Gasteiger partial charge is 0.200 e. The molecule has 0 saturated carbocycles. The maximum Gasteiger partial charge on any atom is 0.200 e. The summed E-state index contributed by atoms with van der Waals surface area (Å²) in [6, 6.07) is 2.79. The average molecular weight is 213 g/mol. The topological polar surface area (TPSA) is 21.3 Å². The van der Waals surface area contributed by atoms with Crippen LogP contribution < -0.4 is 10.1 Å². The van der Waals surface area contributed by atoms with Crippen LogP contribution in [0.2, 0.25) is 0 Å². The summed E-state index contributed by atoms with van der Waals surface area (Å²) in [5.74, 6) is -1.67. The van der Waals surface area contributed by atoms with Gasteiger partial charge in [0.1, 0.15) is 0 Å². The van der Waals surface area contributed by atoms with Crippen LogP contribution in [0.3, 0.4) is 0 Å². The van der Waals surface area contributed by atoms with Crippen LogP contribution in [0.5, 0.6) is 5.75 Å². The van der Waals surface area contributed by atoms with Gasteiger partial charge in [0.25, 0.3) is 0 Å². The van der Waals surface area contributed by atoms with E-state index in [1.54, 1.807) is 6.07 Å². The quantitative estimate of drug-likeness (QED) is 0.814. The molecular formula is C11H13F2NO. The Bertz CT molecular complexity index is 368. The zero-order valence-corrected chi connectivity index (χ0v) is 8.52. The Morgan fingerprint density at radius 1 is 1.47 bits per heavy atom. The Hall–Kier alpha value is -1.16. The van der Waals surface area contributed by atoms with Crippen LogP contribution in [-0.2, 0) is 0 Å². The lowest BCUT2D eigenvalue weighted by molar-refractivity contribution is 0.238. The van der Waals surface area contributed by atoms with Gasteiger partial charge < -0.3 is 10.1 Å². The zero-order valence-electron chi connectivity index (χ0n) is 8.52. The molecule has 1 unspecified atom stereocenters. The van der Waals surface area contributed by atoms with E-state index in [9.17, 15) is 8.78 Å². The van der Waals surface area contributed by atoms with Crippen LogP contribution in [0.1, 0.15) is 24.9 Å². The molecule has 0 radical (unpaired) electrons. The predicted octanol–water partition coefficient (Wildman–Crippen LogP) is 2.40. The molecule has 1 aliphatic heterocycles. The third-order valence-corrected chi connectivity index (χ3v) is 2.56. The van der Waals surface area contributed by atoms with E-state index in [4.69, 9.17) is 4.74 Å². The van der Waals surface area contributed by atoms with E-state index >= 15 is 0 Å². The van der Waals surface area contributed by atoms with E-state index in [0.717, 1.165) is 19.0 Å². The third kappa shape index (κ3) is 1.81. The van der Waals surface area contributed by atoms with Crippen LogP contribution in [0.15, 0.2) is 12.1 Å². The Morgan fingerprint density at radius 3 is 3.00 bits per heavy atom. The van der Waals surface area contributed by atoms with Crippen molar-refractivity contribution < 1.29 is 13.5 Å². The first-order valence-corrected chi connectivity index (χ1v) is 5.08. The molecule has 1 aliphatic rings. The molecule has 0 fully saturated rings. The molecule has 0 aromatic heterocycles. The van der Waals surface area contributed by atoms with Crippen LogP contribution in [0, 0.1) is 11.6 Å². The second-order valence-corrected chi connectivity index (χ2v) is 3.53. The summed E-state index contributed by atoms with van der Waals surface area (Å²) in [4.78, 5) is 0. The summed E-state index contributed by atoms with van der Waals surface area (Å²) >= 11 is 0. The number of benzene rings is 1.